The summed E-state index contributed by atoms with van der Waals surface area (Å²) >= 11 is 1.47. The van der Waals surface area contributed by atoms with Gasteiger partial charge in [-0.3, -0.25) is 14.2 Å². The fourth-order valence-electron chi connectivity index (χ4n) is 3.60. The number of thioether (sulfide) groups is 1. The number of benzene rings is 2. The van der Waals surface area contributed by atoms with Crippen LogP contribution < -0.4 is 16.6 Å². The van der Waals surface area contributed by atoms with Crippen LogP contribution in [-0.4, -0.2) is 44.2 Å². The lowest BCUT2D eigenvalue weighted by Gasteiger charge is -2.23. The third-order valence-corrected chi connectivity index (χ3v) is 5.96. The lowest BCUT2D eigenvalue weighted by molar-refractivity contribution is -0.142. The van der Waals surface area contributed by atoms with Gasteiger partial charge in [-0.05, 0) is 36.1 Å². The number of carboxylic acids is 1. The molecule has 0 aliphatic rings. The number of aromatic nitrogens is 2. The van der Waals surface area contributed by atoms with Crippen molar-refractivity contribution in [2.75, 3.05) is 12.0 Å². The van der Waals surface area contributed by atoms with Crippen molar-refractivity contribution in [2.24, 2.45) is 7.05 Å². The predicted molar refractivity (Wildman–Crippen MR) is 125 cm³/mol. The molecule has 3 aromatic rings. The van der Waals surface area contributed by atoms with Crippen molar-refractivity contribution in [1.82, 2.24) is 14.5 Å². The Kier molecular flexibility index (Phi) is 7.53. The molecular formula is C23H25N3O5S. The highest BCUT2D eigenvalue weighted by Crippen LogP contribution is 2.15. The van der Waals surface area contributed by atoms with Gasteiger partial charge >= 0.3 is 11.7 Å². The first-order valence-electron chi connectivity index (χ1n) is 10.1. The zero-order valence-electron chi connectivity index (χ0n) is 17.9. The Balaban J connectivity index is 2.12. The molecule has 0 bridgehead atoms. The van der Waals surface area contributed by atoms with Gasteiger partial charge in [0, 0.05) is 13.5 Å². The van der Waals surface area contributed by atoms with Crippen LogP contribution in [0.1, 0.15) is 18.0 Å². The molecule has 0 aliphatic carbocycles. The molecule has 0 saturated carbocycles. The third kappa shape index (κ3) is 4.94. The summed E-state index contributed by atoms with van der Waals surface area (Å²) in [5, 5.41) is 12.4. The molecule has 32 heavy (non-hydrogen) atoms. The van der Waals surface area contributed by atoms with Crippen LogP contribution in [0.25, 0.3) is 10.9 Å². The van der Waals surface area contributed by atoms with E-state index in [2.05, 4.69) is 5.32 Å². The van der Waals surface area contributed by atoms with Gasteiger partial charge in [0.25, 0.3) is 5.56 Å². The highest BCUT2D eigenvalue weighted by molar-refractivity contribution is 7.98. The summed E-state index contributed by atoms with van der Waals surface area (Å²) in [4.78, 5) is 51.4. The standard InChI is InChI=1S/C23H25N3O5S/c1-25-18-11-7-6-10-16(18)21(28)26(23(25)31)19(14-15-8-4-3-5-9-15)20(27)24-17(22(29)30)12-13-32-2/h3-11,17,19H,12-14H2,1-2H3,(H,24,27)(H,29,30). The summed E-state index contributed by atoms with van der Waals surface area (Å²) in [5.74, 6) is -1.31. The van der Waals surface area contributed by atoms with E-state index in [0.29, 0.717) is 16.7 Å². The molecule has 9 heteroatoms. The number of rotatable bonds is 9. The molecule has 0 radical (unpaired) electrons. The average molecular weight is 456 g/mol. The molecule has 2 aromatic carbocycles. The highest BCUT2D eigenvalue weighted by atomic mass is 32.2. The fraction of sp³-hybridized carbons (Fsp3) is 0.304. The van der Waals surface area contributed by atoms with E-state index < -0.39 is 35.2 Å². The lowest BCUT2D eigenvalue weighted by Crippen LogP contribution is -2.50. The molecule has 2 atom stereocenters. The minimum Gasteiger partial charge on any atom is -0.480 e. The first-order chi connectivity index (χ1) is 15.3. The van der Waals surface area contributed by atoms with Gasteiger partial charge in [-0.2, -0.15) is 11.8 Å². The number of para-hydroxylation sites is 1. The summed E-state index contributed by atoms with van der Waals surface area (Å²) in [7, 11) is 1.54. The maximum atomic E-state index is 13.3. The summed E-state index contributed by atoms with van der Waals surface area (Å²) in [5.41, 5.74) is -0.0247. The minimum absolute atomic E-state index is 0.0645. The first-order valence-corrected chi connectivity index (χ1v) is 11.5. The van der Waals surface area contributed by atoms with Gasteiger partial charge in [0.1, 0.15) is 12.1 Å². The second-order valence-corrected chi connectivity index (χ2v) is 8.41. The molecule has 8 nitrogen and oxygen atoms in total. The van der Waals surface area contributed by atoms with Gasteiger partial charge in [-0.1, -0.05) is 42.5 Å². The van der Waals surface area contributed by atoms with Crippen LogP contribution >= 0.6 is 11.8 Å². The predicted octanol–water partition coefficient (Wildman–Crippen LogP) is 1.81. The number of hydrogen-bond donors (Lipinski definition) is 2. The van der Waals surface area contributed by atoms with Crippen molar-refractivity contribution >= 4 is 34.5 Å². The largest absolute Gasteiger partial charge is 0.480 e. The smallest absolute Gasteiger partial charge is 0.331 e. The number of aliphatic carboxylic acids is 1. The van der Waals surface area contributed by atoms with E-state index in [4.69, 9.17) is 0 Å². The van der Waals surface area contributed by atoms with Gasteiger partial charge in [0.15, 0.2) is 0 Å². The monoisotopic (exact) mass is 455 g/mol. The fourth-order valence-corrected chi connectivity index (χ4v) is 4.07. The summed E-state index contributed by atoms with van der Waals surface area (Å²) in [6, 6.07) is 13.4. The van der Waals surface area contributed by atoms with Gasteiger partial charge in [-0.15, -0.1) is 0 Å². The van der Waals surface area contributed by atoms with E-state index >= 15 is 0 Å². The van der Waals surface area contributed by atoms with Gasteiger partial charge in [-0.25, -0.2) is 14.2 Å². The van der Waals surface area contributed by atoms with Crippen molar-refractivity contribution < 1.29 is 14.7 Å². The Bertz CT molecular complexity index is 1240. The number of nitrogens with zero attached hydrogens (tertiary/aromatic N) is 2. The molecule has 3 rings (SSSR count). The SMILES string of the molecule is CSCCC(NC(=O)C(Cc1ccccc1)n1c(=O)c2ccccc2n(C)c1=O)C(=O)O. The summed E-state index contributed by atoms with van der Waals surface area (Å²) in [6.07, 6.45) is 2.14. The highest BCUT2D eigenvalue weighted by Gasteiger charge is 2.29. The van der Waals surface area contributed by atoms with Crippen molar-refractivity contribution in [2.45, 2.75) is 24.9 Å². The Morgan fingerprint density at radius 2 is 1.72 bits per heavy atom. The number of amides is 1. The molecular weight excluding hydrogens is 430 g/mol. The molecule has 0 aliphatic heterocycles. The molecule has 0 spiro atoms. The number of hydrogen-bond acceptors (Lipinski definition) is 5. The number of fused-ring (bicyclic) bond motifs is 1. The molecule has 1 heterocycles. The van der Waals surface area contributed by atoms with Crippen molar-refractivity contribution in [3.63, 3.8) is 0 Å². The van der Waals surface area contributed by atoms with Crippen LogP contribution in [0.15, 0.2) is 64.2 Å². The van der Waals surface area contributed by atoms with E-state index in [0.717, 1.165) is 10.1 Å². The second-order valence-electron chi connectivity index (χ2n) is 7.42. The zero-order chi connectivity index (χ0) is 23.3. The Labute approximate surface area is 188 Å². The topological polar surface area (TPSA) is 110 Å². The lowest BCUT2D eigenvalue weighted by atomic mass is 10.0. The third-order valence-electron chi connectivity index (χ3n) is 5.32. The van der Waals surface area contributed by atoms with Crippen molar-refractivity contribution in [3.05, 3.63) is 81.0 Å². The van der Waals surface area contributed by atoms with Crippen molar-refractivity contribution in [3.8, 4) is 0 Å². The number of carbonyl (C=O) groups excluding carboxylic acids is 1. The van der Waals surface area contributed by atoms with E-state index in [9.17, 15) is 24.3 Å². The van der Waals surface area contributed by atoms with Crippen LogP contribution in [0.2, 0.25) is 0 Å². The minimum atomic E-state index is -1.20. The molecule has 0 fully saturated rings. The van der Waals surface area contributed by atoms with Crippen LogP contribution in [-0.2, 0) is 23.1 Å². The molecule has 0 saturated heterocycles. The Morgan fingerprint density at radius 1 is 1.06 bits per heavy atom. The Morgan fingerprint density at radius 3 is 2.38 bits per heavy atom. The van der Waals surface area contributed by atoms with Crippen LogP contribution in [0.3, 0.4) is 0 Å². The normalized spacial score (nSPS) is 12.9. The molecule has 2 unspecified atom stereocenters. The first kappa shape index (κ1) is 23.3. The molecule has 168 valence electrons. The van der Waals surface area contributed by atoms with Crippen LogP contribution in [0.4, 0.5) is 0 Å². The second kappa shape index (κ2) is 10.3. The maximum absolute atomic E-state index is 13.3. The molecule has 1 aromatic heterocycles. The van der Waals surface area contributed by atoms with Crippen molar-refractivity contribution in [1.29, 1.82) is 0 Å². The van der Waals surface area contributed by atoms with Gasteiger partial charge < -0.3 is 10.4 Å². The zero-order valence-corrected chi connectivity index (χ0v) is 18.7. The van der Waals surface area contributed by atoms with E-state index in [1.54, 1.807) is 48.5 Å². The van der Waals surface area contributed by atoms with Gasteiger partial charge in [0.05, 0.1) is 10.9 Å². The summed E-state index contributed by atoms with van der Waals surface area (Å²) in [6.45, 7) is 0. The van der Waals surface area contributed by atoms with E-state index in [-0.39, 0.29) is 12.8 Å². The molecule has 2 N–H and O–H groups in total. The van der Waals surface area contributed by atoms with Crippen LogP contribution in [0.5, 0.6) is 0 Å². The van der Waals surface area contributed by atoms with E-state index in [1.807, 2.05) is 12.3 Å². The van der Waals surface area contributed by atoms with E-state index in [1.165, 1.54) is 23.4 Å². The van der Waals surface area contributed by atoms with Gasteiger partial charge in [0.2, 0.25) is 5.91 Å². The number of nitrogens with one attached hydrogen (secondary N) is 1. The average Bonchev–Trinajstić information content (AvgIpc) is 2.80. The molecule has 1 amide bonds. The number of carboxylic acid groups (broad SMARTS) is 1. The Hall–Kier alpha value is -3.33. The van der Waals surface area contributed by atoms with Crippen LogP contribution in [0, 0.1) is 0 Å². The number of carbonyl (C=O) groups is 2. The quantitative estimate of drug-likeness (QED) is 0.509. The maximum Gasteiger partial charge on any atom is 0.331 e. The number of aryl methyl sites for hydroxylation is 1. The summed E-state index contributed by atoms with van der Waals surface area (Å²) < 4.78 is 2.25.